The molecule has 0 amide bonds. The van der Waals surface area contributed by atoms with Crippen molar-refractivity contribution in [1.29, 1.82) is 0 Å². The van der Waals surface area contributed by atoms with Crippen LogP contribution in [0.2, 0.25) is 0 Å². The highest BCUT2D eigenvalue weighted by atomic mass is 32.1. The summed E-state index contributed by atoms with van der Waals surface area (Å²) < 4.78 is 37.8. The predicted molar refractivity (Wildman–Crippen MR) is 64.7 cm³/mol. The Morgan fingerprint density at radius 3 is 2.50 bits per heavy atom. The van der Waals surface area contributed by atoms with Gasteiger partial charge in [0.25, 0.3) is 0 Å². The van der Waals surface area contributed by atoms with Gasteiger partial charge in [-0.05, 0) is 30.7 Å². The SMILES string of the molecule is OC1(C(F)(F)F)CCN(CCc2cccs2)CC1. The average molecular weight is 279 g/mol. The second-order valence-electron chi connectivity index (χ2n) is 4.70. The van der Waals surface area contributed by atoms with E-state index in [9.17, 15) is 18.3 Å². The van der Waals surface area contributed by atoms with E-state index in [2.05, 4.69) is 0 Å². The van der Waals surface area contributed by atoms with Crippen LogP contribution in [0.15, 0.2) is 17.5 Å². The lowest BCUT2D eigenvalue weighted by Crippen LogP contribution is -2.53. The van der Waals surface area contributed by atoms with E-state index in [0.29, 0.717) is 13.1 Å². The number of alkyl halides is 3. The lowest BCUT2D eigenvalue weighted by molar-refractivity contribution is -0.272. The molecule has 0 bridgehead atoms. The molecule has 6 heteroatoms. The molecule has 1 aliphatic heterocycles. The Bertz CT molecular complexity index is 369. The Kier molecular flexibility index (Phi) is 3.99. The van der Waals surface area contributed by atoms with Crippen molar-refractivity contribution in [2.75, 3.05) is 19.6 Å². The van der Waals surface area contributed by atoms with E-state index in [-0.39, 0.29) is 12.8 Å². The fourth-order valence-corrected chi connectivity index (χ4v) is 2.85. The lowest BCUT2D eigenvalue weighted by Gasteiger charge is -2.39. The minimum absolute atomic E-state index is 0.221. The summed E-state index contributed by atoms with van der Waals surface area (Å²) in [6, 6.07) is 4.00. The van der Waals surface area contributed by atoms with Crippen LogP contribution in [0.4, 0.5) is 13.2 Å². The fraction of sp³-hybridized carbons (Fsp3) is 0.667. The summed E-state index contributed by atoms with van der Waals surface area (Å²) in [5, 5.41) is 11.5. The van der Waals surface area contributed by atoms with Crippen molar-refractivity contribution in [1.82, 2.24) is 4.90 Å². The number of likely N-dealkylation sites (tertiary alicyclic amines) is 1. The average Bonchev–Trinajstić information content (AvgIpc) is 2.80. The number of nitrogens with zero attached hydrogens (tertiary/aromatic N) is 1. The Labute approximate surface area is 108 Å². The molecular formula is C12H16F3NOS. The molecule has 1 aromatic rings. The van der Waals surface area contributed by atoms with Crippen molar-refractivity contribution in [3.8, 4) is 0 Å². The van der Waals surface area contributed by atoms with Crippen LogP contribution in [0.5, 0.6) is 0 Å². The van der Waals surface area contributed by atoms with E-state index < -0.39 is 11.8 Å². The third-order valence-corrected chi connectivity index (χ3v) is 4.40. The standard InChI is InChI=1S/C12H16F3NOS/c13-12(14,15)11(17)4-7-16(8-5-11)6-3-10-2-1-9-18-10/h1-2,9,17H,3-8H2. The first-order valence-corrected chi connectivity index (χ1v) is 6.82. The van der Waals surface area contributed by atoms with Crippen molar-refractivity contribution >= 4 is 11.3 Å². The second kappa shape index (κ2) is 5.19. The van der Waals surface area contributed by atoms with E-state index >= 15 is 0 Å². The molecule has 1 aliphatic rings. The molecule has 0 radical (unpaired) electrons. The summed E-state index contributed by atoms with van der Waals surface area (Å²) in [5.41, 5.74) is -2.48. The topological polar surface area (TPSA) is 23.5 Å². The number of aliphatic hydroxyl groups is 1. The lowest BCUT2D eigenvalue weighted by atomic mass is 9.91. The van der Waals surface area contributed by atoms with E-state index in [1.165, 1.54) is 4.88 Å². The Morgan fingerprint density at radius 2 is 2.00 bits per heavy atom. The van der Waals surface area contributed by atoms with Crippen LogP contribution in [-0.4, -0.2) is 41.4 Å². The zero-order valence-electron chi connectivity index (χ0n) is 9.91. The molecule has 0 saturated carbocycles. The third-order valence-electron chi connectivity index (χ3n) is 3.47. The number of rotatable bonds is 3. The van der Waals surface area contributed by atoms with Crippen molar-refractivity contribution < 1.29 is 18.3 Å². The second-order valence-corrected chi connectivity index (χ2v) is 5.73. The van der Waals surface area contributed by atoms with Crippen molar-refractivity contribution in [2.24, 2.45) is 0 Å². The van der Waals surface area contributed by atoms with Crippen LogP contribution in [0.25, 0.3) is 0 Å². The number of hydrogen-bond donors (Lipinski definition) is 1. The molecule has 0 spiro atoms. The normalized spacial score (nSPS) is 21.1. The number of halogens is 3. The number of thiophene rings is 1. The summed E-state index contributed by atoms with van der Waals surface area (Å²) in [4.78, 5) is 3.23. The van der Waals surface area contributed by atoms with Gasteiger partial charge >= 0.3 is 6.18 Å². The van der Waals surface area contributed by atoms with Gasteiger partial charge in [0.1, 0.15) is 0 Å². The molecule has 0 aliphatic carbocycles. The first-order valence-electron chi connectivity index (χ1n) is 5.95. The van der Waals surface area contributed by atoms with Crippen LogP contribution in [0.1, 0.15) is 17.7 Å². The molecule has 0 atom stereocenters. The number of hydrogen-bond acceptors (Lipinski definition) is 3. The minimum atomic E-state index is -4.51. The van der Waals surface area contributed by atoms with Gasteiger partial charge in [-0.2, -0.15) is 13.2 Å². The molecule has 1 aromatic heterocycles. The van der Waals surface area contributed by atoms with Crippen LogP contribution < -0.4 is 0 Å². The van der Waals surface area contributed by atoms with Gasteiger partial charge in [0, 0.05) is 24.5 Å². The largest absolute Gasteiger partial charge is 0.417 e. The van der Waals surface area contributed by atoms with Gasteiger partial charge in [0.2, 0.25) is 0 Å². The third kappa shape index (κ3) is 3.05. The maximum Gasteiger partial charge on any atom is 0.417 e. The predicted octanol–water partition coefficient (Wildman–Crippen LogP) is 2.68. The van der Waals surface area contributed by atoms with Gasteiger partial charge < -0.3 is 10.0 Å². The van der Waals surface area contributed by atoms with Crippen LogP contribution >= 0.6 is 11.3 Å². The Balaban J connectivity index is 1.80. The smallest absolute Gasteiger partial charge is 0.380 e. The Morgan fingerprint density at radius 1 is 1.33 bits per heavy atom. The molecule has 102 valence electrons. The maximum atomic E-state index is 12.6. The molecule has 1 saturated heterocycles. The highest BCUT2D eigenvalue weighted by molar-refractivity contribution is 7.09. The Hall–Kier alpha value is -0.590. The van der Waals surface area contributed by atoms with E-state index in [1.807, 2.05) is 22.4 Å². The zero-order valence-corrected chi connectivity index (χ0v) is 10.7. The fourth-order valence-electron chi connectivity index (χ4n) is 2.15. The highest BCUT2D eigenvalue weighted by Crippen LogP contribution is 2.38. The van der Waals surface area contributed by atoms with E-state index in [4.69, 9.17) is 0 Å². The maximum absolute atomic E-state index is 12.6. The molecular weight excluding hydrogens is 263 g/mol. The minimum Gasteiger partial charge on any atom is -0.380 e. The summed E-state index contributed by atoms with van der Waals surface area (Å²) in [6.45, 7) is 1.37. The first-order chi connectivity index (χ1) is 8.41. The molecule has 2 rings (SSSR count). The summed E-state index contributed by atoms with van der Waals surface area (Å²) in [5.74, 6) is 0. The van der Waals surface area contributed by atoms with Gasteiger partial charge in [0.05, 0.1) is 0 Å². The van der Waals surface area contributed by atoms with Gasteiger partial charge in [-0.1, -0.05) is 6.07 Å². The van der Waals surface area contributed by atoms with Gasteiger partial charge in [-0.25, -0.2) is 0 Å². The first kappa shape index (κ1) is 13.8. The van der Waals surface area contributed by atoms with E-state index in [0.717, 1.165) is 13.0 Å². The molecule has 1 fully saturated rings. The molecule has 0 aromatic carbocycles. The summed E-state index contributed by atoms with van der Waals surface area (Å²) in [6.07, 6.45) is -4.09. The van der Waals surface area contributed by atoms with Gasteiger partial charge in [-0.3, -0.25) is 0 Å². The molecule has 2 nitrogen and oxygen atoms in total. The molecule has 2 heterocycles. The van der Waals surface area contributed by atoms with E-state index in [1.54, 1.807) is 11.3 Å². The number of piperidine rings is 1. The van der Waals surface area contributed by atoms with Crippen LogP contribution in [0.3, 0.4) is 0 Å². The quantitative estimate of drug-likeness (QED) is 0.919. The monoisotopic (exact) mass is 279 g/mol. The zero-order chi connectivity index (χ0) is 13.2. The molecule has 1 N–H and O–H groups in total. The van der Waals surface area contributed by atoms with Crippen molar-refractivity contribution in [2.45, 2.75) is 31.0 Å². The summed E-state index contributed by atoms with van der Waals surface area (Å²) in [7, 11) is 0. The van der Waals surface area contributed by atoms with Crippen LogP contribution in [-0.2, 0) is 6.42 Å². The van der Waals surface area contributed by atoms with Gasteiger partial charge in [0.15, 0.2) is 5.60 Å². The van der Waals surface area contributed by atoms with Crippen molar-refractivity contribution in [3.05, 3.63) is 22.4 Å². The summed E-state index contributed by atoms with van der Waals surface area (Å²) >= 11 is 1.66. The van der Waals surface area contributed by atoms with Gasteiger partial charge in [-0.15, -0.1) is 11.3 Å². The van der Waals surface area contributed by atoms with Crippen LogP contribution in [0, 0.1) is 0 Å². The van der Waals surface area contributed by atoms with Crippen molar-refractivity contribution in [3.63, 3.8) is 0 Å². The highest BCUT2D eigenvalue weighted by Gasteiger charge is 2.54. The molecule has 0 unspecified atom stereocenters. The molecule has 18 heavy (non-hydrogen) atoms.